The summed E-state index contributed by atoms with van der Waals surface area (Å²) in [5, 5.41) is 7.08. The van der Waals surface area contributed by atoms with E-state index in [1.54, 1.807) is 24.3 Å². The van der Waals surface area contributed by atoms with Crippen molar-refractivity contribution < 1.29 is 14.3 Å². The molecule has 0 aliphatic heterocycles. The fourth-order valence-electron chi connectivity index (χ4n) is 2.14. The van der Waals surface area contributed by atoms with Crippen LogP contribution < -0.4 is 15.5 Å². The van der Waals surface area contributed by atoms with Gasteiger partial charge in [-0.25, -0.2) is 5.43 Å². The molecular formula is C20H22ClN3O3. The predicted octanol–water partition coefficient (Wildman–Crippen LogP) is 4.00. The highest BCUT2D eigenvalue weighted by atomic mass is 35.5. The number of rotatable bonds is 9. The number of amides is 2. The van der Waals surface area contributed by atoms with Gasteiger partial charge < -0.3 is 10.1 Å². The Bertz CT molecular complexity index is 791. The summed E-state index contributed by atoms with van der Waals surface area (Å²) in [6, 6.07) is 14.0. The van der Waals surface area contributed by atoms with Crippen molar-refractivity contribution in [1.29, 1.82) is 0 Å². The topological polar surface area (TPSA) is 79.8 Å². The molecule has 2 aromatic carbocycles. The second kappa shape index (κ2) is 11.0. The average Bonchev–Trinajstić information content (AvgIpc) is 2.65. The number of carbonyl (C=O) groups is 2. The molecule has 2 amide bonds. The monoisotopic (exact) mass is 387 g/mol. The maximum absolute atomic E-state index is 11.9. The molecule has 27 heavy (non-hydrogen) atoms. The summed E-state index contributed by atoms with van der Waals surface area (Å²) in [5.74, 6) is -0.250. The van der Waals surface area contributed by atoms with Crippen LogP contribution in [0.2, 0.25) is 5.02 Å². The number of unbranched alkanes of at least 4 members (excludes halogenated alkanes) is 1. The van der Waals surface area contributed by atoms with E-state index in [1.165, 1.54) is 6.21 Å². The summed E-state index contributed by atoms with van der Waals surface area (Å²) in [5.41, 5.74) is 3.66. The summed E-state index contributed by atoms with van der Waals surface area (Å²) < 4.78 is 5.70. The van der Waals surface area contributed by atoms with Crippen LogP contribution in [0.15, 0.2) is 53.6 Å². The van der Waals surface area contributed by atoms with E-state index in [9.17, 15) is 9.59 Å². The zero-order chi connectivity index (χ0) is 19.5. The summed E-state index contributed by atoms with van der Waals surface area (Å²) in [6.07, 6.45) is 3.17. The number of para-hydroxylation sites is 1. The molecule has 0 aliphatic rings. The molecule has 2 N–H and O–H groups in total. The molecule has 2 aromatic rings. The number of anilines is 1. The Morgan fingerprint density at radius 1 is 1.11 bits per heavy atom. The van der Waals surface area contributed by atoms with E-state index in [2.05, 4.69) is 22.8 Å². The van der Waals surface area contributed by atoms with E-state index in [-0.39, 0.29) is 6.42 Å². The van der Waals surface area contributed by atoms with Gasteiger partial charge in [-0.1, -0.05) is 37.1 Å². The molecule has 2 rings (SSSR count). The summed E-state index contributed by atoms with van der Waals surface area (Å²) >= 11 is 5.79. The molecule has 0 fully saturated rings. The molecule has 142 valence electrons. The molecule has 0 aromatic heterocycles. The first kappa shape index (κ1) is 20.5. The lowest BCUT2D eigenvalue weighted by molar-refractivity contribution is -0.126. The van der Waals surface area contributed by atoms with Crippen LogP contribution in [0.1, 0.15) is 31.7 Å². The molecular weight excluding hydrogens is 366 g/mol. The van der Waals surface area contributed by atoms with Crippen LogP contribution in [0.4, 0.5) is 5.69 Å². The highest BCUT2D eigenvalue weighted by Crippen LogP contribution is 2.16. The molecule has 0 saturated carbocycles. The number of hydrazone groups is 1. The third-order valence-electron chi connectivity index (χ3n) is 3.52. The van der Waals surface area contributed by atoms with E-state index < -0.39 is 11.8 Å². The number of halogens is 1. The van der Waals surface area contributed by atoms with Gasteiger partial charge in [-0.3, -0.25) is 9.59 Å². The number of hydrogen-bond donors (Lipinski definition) is 2. The maximum atomic E-state index is 11.9. The highest BCUT2D eigenvalue weighted by Gasteiger charge is 2.09. The minimum absolute atomic E-state index is 0.339. The number of carbonyl (C=O) groups excluding carboxylic acids is 2. The third-order valence-corrected chi connectivity index (χ3v) is 3.77. The number of ether oxygens (including phenoxy) is 1. The smallest absolute Gasteiger partial charge is 0.249 e. The van der Waals surface area contributed by atoms with Crippen molar-refractivity contribution >= 4 is 35.3 Å². The molecule has 0 aliphatic carbocycles. The van der Waals surface area contributed by atoms with Gasteiger partial charge in [0, 0.05) is 16.3 Å². The molecule has 0 radical (unpaired) electrons. The Kier molecular flexibility index (Phi) is 8.32. The van der Waals surface area contributed by atoms with Gasteiger partial charge in [-0.05, 0) is 42.8 Å². The number of nitrogens with zero attached hydrogens (tertiary/aromatic N) is 1. The maximum Gasteiger partial charge on any atom is 0.249 e. The Morgan fingerprint density at radius 2 is 1.85 bits per heavy atom. The van der Waals surface area contributed by atoms with E-state index in [0.717, 1.165) is 18.4 Å². The average molecular weight is 388 g/mol. The summed E-state index contributed by atoms with van der Waals surface area (Å²) in [6.45, 7) is 2.72. The minimum Gasteiger partial charge on any atom is -0.493 e. The summed E-state index contributed by atoms with van der Waals surface area (Å²) in [4.78, 5) is 23.7. The third kappa shape index (κ3) is 7.50. The van der Waals surface area contributed by atoms with Gasteiger partial charge >= 0.3 is 0 Å². The minimum atomic E-state index is -0.512. The van der Waals surface area contributed by atoms with Gasteiger partial charge in [0.05, 0.1) is 12.8 Å². The van der Waals surface area contributed by atoms with Gasteiger partial charge in [-0.2, -0.15) is 5.10 Å². The fourth-order valence-corrected chi connectivity index (χ4v) is 2.27. The lowest BCUT2D eigenvalue weighted by Crippen LogP contribution is -2.24. The summed E-state index contributed by atoms with van der Waals surface area (Å²) in [7, 11) is 0. The quantitative estimate of drug-likeness (QED) is 0.295. The number of benzene rings is 2. The predicted molar refractivity (Wildman–Crippen MR) is 107 cm³/mol. The molecule has 7 heteroatoms. The van der Waals surface area contributed by atoms with Crippen molar-refractivity contribution in [2.45, 2.75) is 26.2 Å². The van der Waals surface area contributed by atoms with Crippen LogP contribution >= 0.6 is 11.6 Å². The van der Waals surface area contributed by atoms with Crippen molar-refractivity contribution in [2.24, 2.45) is 5.10 Å². The molecule has 0 unspecified atom stereocenters. The van der Waals surface area contributed by atoms with Gasteiger partial charge in [0.15, 0.2) is 0 Å². The Morgan fingerprint density at radius 3 is 2.59 bits per heavy atom. The first-order valence-corrected chi connectivity index (χ1v) is 9.05. The zero-order valence-electron chi connectivity index (χ0n) is 15.1. The van der Waals surface area contributed by atoms with E-state index in [0.29, 0.717) is 23.1 Å². The molecule has 0 bridgehead atoms. The molecule has 0 spiro atoms. The van der Waals surface area contributed by atoms with Gasteiger partial charge in [0.25, 0.3) is 0 Å². The van der Waals surface area contributed by atoms with E-state index in [1.807, 2.05) is 24.3 Å². The highest BCUT2D eigenvalue weighted by molar-refractivity contribution is 6.30. The fraction of sp³-hybridized carbons (Fsp3) is 0.250. The van der Waals surface area contributed by atoms with Crippen LogP contribution in [0.25, 0.3) is 0 Å². The molecule has 6 nitrogen and oxygen atoms in total. The first-order chi connectivity index (χ1) is 13.1. The van der Waals surface area contributed by atoms with Crippen LogP contribution in [0, 0.1) is 0 Å². The molecule has 0 atom stereocenters. The van der Waals surface area contributed by atoms with Gasteiger partial charge in [0.1, 0.15) is 12.2 Å². The molecule has 0 saturated heterocycles. The normalized spacial score (nSPS) is 10.6. The van der Waals surface area contributed by atoms with Crippen LogP contribution in [-0.4, -0.2) is 24.6 Å². The van der Waals surface area contributed by atoms with E-state index in [4.69, 9.17) is 16.3 Å². The van der Waals surface area contributed by atoms with Crippen LogP contribution in [-0.2, 0) is 9.59 Å². The van der Waals surface area contributed by atoms with Gasteiger partial charge in [-0.15, -0.1) is 0 Å². The second-order valence-corrected chi connectivity index (χ2v) is 6.20. The van der Waals surface area contributed by atoms with E-state index >= 15 is 0 Å². The first-order valence-electron chi connectivity index (χ1n) is 8.67. The molecule has 0 heterocycles. The zero-order valence-corrected chi connectivity index (χ0v) is 15.8. The van der Waals surface area contributed by atoms with Crippen molar-refractivity contribution in [3.05, 3.63) is 59.1 Å². The standard InChI is InChI=1S/C20H22ClN3O3/c1-2-3-12-27-18-7-5-4-6-15(18)14-22-24-20(26)13-19(25)23-17-10-8-16(21)9-11-17/h4-11,14H,2-3,12-13H2,1H3,(H,23,25)(H,24,26). The lowest BCUT2D eigenvalue weighted by Gasteiger charge is -2.08. The second-order valence-electron chi connectivity index (χ2n) is 5.76. The van der Waals surface area contributed by atoms with Crippen molar-refractivity contribution in [3.63, 3.8) is 0 Å². The van der Waals surface area contributed by atoms with Crippen LogP contribution in [0.5, 0.6) is 5.75 Å². The Balaban J connectivity index is 1.82. The SMILES string of the molecule is CCCCOc1ccccc1C=NNC(=O)CC(=O)Nc1ccc(Cl)cc1. The van der Waals surface area contributed by atoms with Crippen molar-refractivity contribution in [1.82, 2.24) is 5.43 Å². The lowest BCUT2D eigenvalue weighted by atomic mass is 10.2. The van der Waals surface area contributed by atoms with Crippen molar-refractivity contribution in [2.75, 3.05) is 11.9 Å². The Hall–Kier alpha value is -2.86. The van der Waals surface area contributed by atoms with Crippen molar-refractivity contribution in [3.8, 4) is 5.75 Å². The Labute approximate surface area is 163 Å². The van der Waals surface area contributed by atoms with Gasteiger partial charge in [0.2, 0.25) is 11.8 Å². The van der Waals surface area contributed by atoms with Crippen LogP contribution in [0.3, 0.4) is 0 Å². The largest absolute Gasteiger partial charge is 0.493 e. The number of hydrogen-bond acceptors (Lipinski definition) is 4. The number of nitrogens with one attached hydrogen (secondary N) is 2.